The van der Waals surface area contributed by atoms with E-state index in [0.29, 0.717) is 18.0 Å². The van der Waals surface area contributed by atoms with Crippen LogP contribution in [0.2, 0.25) is 0 Å². The predicted molar refractivity (Wildman–Crippen MR) is 88.1 cm³/mol. The van der Waals surface area contributed by atoms with E-state index in [1.54, 1.807) is 0 Å². The first-order chi connectivity index (χ1) is 9.45. The molecule has 0 heterocycles. The van der Waals surface area contributed by atoms with Crippen LogP contribution in [0.1, 0.15) is 47.7 Å². The Morgan fingerprint density at radius 2 is 1.95 bits per heavy atom. The maximum Gasteiger partial charge on any atom is 0.253 e. The second-order valence-corrected chi connectivity index (χ2v) is 5.69. The van der Waals surface area contributed by atoms with Crippen molar-refractivity contribution in [3.8, 4) is 0 Å². The number of unbranched alkanes of at least 4 members (excludes halogenated alkanes) is 1. The van der Waals surface area contributed by atoms with Gasteiger partial charge < -0.3 is 10.6 Å². The van der Waals surface area contributed by atoms with E-state index >= 15 is 0 Å². The predicted octanol–water partition coefficient (Wildman–Crippen LogP) is 3.22. The molecule has 20 heavy (non-hydrogen) atoms. The van der Waals surface area contributed by atoms with Gasteiger partial charge in [0, 0.05) is 25.1 Å². The summed E-state index contributed by atoms with van der Waals surface area (Å²) in [7, 11) is 0. The number of nitrogens with two attached hydrogens (primary N) is 1. The molecular weight excluding hydrogens is 268 g/mol. The second kappa shape index (κ2) is 8.00. The van der Waals surface area contributed by atoms with Crippen LogP contribution in [0, 0.1) is 13.8 Å². The Morgan fingerprint density at radius 3 is 2.50 bits per heavy atom. The molecule has 2 N–H and O–H groups in total. The number of hydrogen-bond donors (Lipinski definition) is 1. The second-order valence-electron chi connectivity index (χ2n) is 5.16. The van der Waals surface area contributed by atoms with Crippen LogP contribution in [-0.2, 0) is 0 Å². The van der Waals surface area contributed by atoms with Crippen molar-refractivity contribution in [1.82, 2.24) is 4.90 Å². The molecule has 0 aromatic heterocycles. The van der Waals surface area contributed by atoms with Crippen LogP contribution in [-0.4, -0.2) is 28.9 Å². The Morgan fingerprint density at radius 1 is 1.25 bits per heavy atom. The first kappa shape index (κ1) is 16.6. The third-order valence-corrected chi connectivity index (χ3v) is 3.65. The van der Waals surface area contributed by atoms with E-state index in [0.717, 1.165) is 30.5 Å². The zero-order valence-electron chi connectivity index (χ0n) is 12.6. The van der Waals surface area contributed by atoms with Gasteiger partial charge in [0.15, 0.2) is 0 Å². The smallest absolute Gasteiger partial charge is 0.253 e. The van der Waals surface area contributed by atoms with Crippen molar-refractivity contribution >= 4 is 23.1 Å². The average Bonchev–Trinajstić information content (AvgIpc) is 2.41. The standard InChI is InChI=1S/C16H24N2OS/c1-4-5-9-18(10-8-15(17)20)16(19)14-7-6-12(2)13(3)11-14/h6-7,11H,4-5,8-10H2,1-3H3,(H2,17,20). The van der Waals surface area contributed by atoms with E-state index < -0.39 is 0 Å². The highest BCUT2D eigenvalue weighted by Gasteiger charge is 2.15. The monoisotopic (exact) mass is 292 g/mol. The zero-order chi connectivity index (χ0) is 15.1. The molecule has 110 valence electrons. The Kier molecular flexibility index (Phi) is 6.65. The molecule has 0 aliphatic rings. The van der Waals surface area contributed by atoms with E-state index in [9.17, 15) is 4.79 Å². The first-order valence-corrected chi connectivity index (χ1v) is 7.51. The van der Waals surface area contributed by atoms with Gasteiger partial charge in [-0.2, -0.15) is 0 Å². The lowest BCUT2D eigenvalue weighted by molar-refractivity contribution is 0.0758. The third-order valence-electron chi connectivity index (χ3n) is 3.45. The van der Waals surface area contributed by atoms with Crippen LogP contribution in [0.25, 0.3) is 0 Å². The Hall–Kier alpha value is -1.42. The highest BCUT2D eigenvalue weighted by atomic mass is 32.1. The summed E-state index contributed by atoms with van der Waals surface area (Å²) >= 11 is 4.91. The molecule has 0 fully saturated rings. The molecular formula is C16H24N2OS. The molecule has 0 atom stereocenters. The van der Waals surface area contributed by atoms with E-state index in [4.69, 9.17) is 18.0 Å². The molecule has 0 aliphatic carbocycles. The molecule has 1 rings (SSSR count). The van der Waals surface area contributed by atoms with Gasteiger partial charge in [0.05, 0.1) is 4.99 Å². The van der Waals surface area contributed by atoms with Gasteiger partial charge in [-0.1, -0.05) is 31.6 Å². The number of hydrogen-bond acceptors (Lipinski definition) is 2. The lowest BCUT2D eigenvalue weighted by Crippen LogP contribution is -2.34. The zero-order valence-corrected chi connectivity index (χ0v) is 13.4. The van der Waals surface area contributed by atoms with E-state index in [2.05, 4.69) is 6.92 Å². The highest BCUT2D eigenvalue weighted by molar-refractivity contribution is 7.80. The Bertz CT molecular complexity index is 485. The number of benzene rings is 1. The van der Waals surface area contributed by atoms with Crippen LogP contribution in [0.5, 0.6) is 0 Å². The van der Waals surface area contributed by atoms with Crippen LogP contribution in [0.4, 0.5) is 0 Å². The number of rotatable bonds is 7. The Balaban J connectivity index is 2.84. The van der Waals surface area contributed by atoms with Crippen molar-refractivity contribution in [2.45, 2.75) is 40.0 Å². The molecule has 3 nitrogen and oxygen atoms in total. The quantitative estimate of drug-likeness (QED) is 0.785. The van der Waals surface area contributed by atoms with Crippen LogP contribution in [0.3, 0.4) is 0 Å². The van der Waals surface area contributed by atoms with Gasteiger partial charge >= 0.3 is 0 Å². The summed E-state index contributed by atoms with van der Waals surface area (Å²) in [6.45, 7) is 7.54. The molecule has 1 aromatic carbocycles. The largest absolute Gasteiger partial charge is 0.393 e. The van der Waals surface area contributed by atoms with Gasteiger partial charge in [-0.3, -0.25) is 4.79 Å². The maximum atomic E-state index is 12.6. The van der Waals surface area contributed by atoms with Crippen molar-refractivity contribution in [2.75, 3.05) is 13.1 Å². The fraction of sp³-hybridized carbons (Fsp3) is 0.500. The van der Waals surface area contributed by atoms with Crippen LogP contribution < -0.4 is 5.73 Å². The van der Waals surface area contributed by atoms with Gasteiger partial charge in [-0.15, -0.1) is 0 Å². The molecule has 1 amide bonds. The van der Waals surface area contributed by atoms with Crippen molar-refractivity contribution in [3.63, 3.8) is 0 Å². The fourth-order valence-corrected chi connectivity index (χ4v) is 2.06. The molecule has 4 heteroatoms. The summed E-state index contributed by atoms with van der Waals surface area (Å²) in [5, 5.41) is 0. The summed E-state index contributed by atoms with van der Waals surface area (Å²) in [6.07, 6.45) is 2.63. The fourth-order valence-electron chi connectivity index (χ4n) is 1.97. The minimum atomic E-state index is 0.0674. The first-order valence-electron chi connectivity index (χ1n) is 7.10. The van der Waals surface area contributed by atoms with Crippen LogP contribution in [0.15, 0.2) is 18.2 Å². The number of aryl methyl sites for hydroxylation is 2. The maximum absolute atomic E-state index is 12.6. The summed E-state index contributed by atoms with van der Waals surface area (Å²) < 4.78 is 0. The number of amides is 1. The normalized spacial score (nSPS) is 10.3. The highest BCUT2D eigenvalue weighted by Crippen LogP contribution is 2.13. The van der Waals surface area contributed by atoms with E-state index in [-0.39, 0.29) is 5.91 Å². The molecule has 0 saturated heterocycles. The average molecular weight is 292 g/mol. The van der Waals surface area contributed by atoms with Crippen molar-refractivity contribution < 1.29 is 4.79 Å². The molecule has 1 aromatic rings. The van der Waals surface area contributed by atoms with Gasteiger partial charge in [-0.05, 0) is 43.5 Å². The molecule has 0 bridgehead atoms. The Labute approximate surface area is 127 Å². The van der Waals surface area contributed by atoms with E-state index in [1.807, 2.05) is 36.9 Å². The summed E-state index contributed by atoms with van der Waals surface area (Å²) in [6, 6.07) is 5.84. The van der Waals surface area contributed by atoms with Crippen LogP contribution >= 0.6 is 12.2 Å². The third kappa shape index (κ3) is 4.93. The summed E-state index contributed by atoms with van der Waals surface area (Å²) in [5.41, 5.74) is 8.63. The molecule has 0 aliphatic heterocycles. The summed E-state index contributed by atoms with van der Waals surface area (Å²) in [4.78, 5) is 14.9. The summed E-state index contributed by atoms with van der Waals surface area (Å²) in [5.74, 6) is 0.0674. The number of thiocarbonyl (C=S) groups is 1. The van der Waals surface area contributed by atoms with Gasteiger partial charge in [0.1, 0.15) is 0 Å². The molecule has 0 radical (unpaired) electrons. The van der Waals surface area contributed by atoms with Crippen molar-refractivity contribution in [2.24, 2.45) is 5.73 Å². The number of carbonyl (C=O) groups is 1. The minimum absolute atomic E-state index is 0.0674. The van der Waals surface area contributed by atoms with E-state index in [1.165, 1.54) is 5.56 Å². The number of nitrogens with zero attached hydrogens (tertiary/aromatic N) is 1. The van der Waals surface area contributed by atoms with Gasteiger partial charge in [-0.25, -0.2) is 0 Å². The van der Waals surface area contributed by atoms with Gasteiger partial charge in [0.2, 0.25) is 0 Å². The number of carbonyl (C=O) groups excluding carboxylic acids is 1. The SMILES string of the molecule is CCCCN(CCC(N)=S)C(=O)c1ccc(C)c(C)c1. The lowest BCUT2D eigenvalue weighted by atomic mass is 10.1. The minimum Gasteiger partial charge on any atom is -0.393 e. The molecule has 0 spiro atoms. The van der Waals surface area contributed by atoms with Gasteiger partial charge in [0.25, 0.3) is 5.91 Å². The van der Waals surface area contributed by atoms with Crippen molar-refractivity contribution in [1.29, 1.82) is 0 Å². The topological polar surface area (TPSA) is 46.3 Å². The molecule has 0 unspecified atom stereocenters. The molecule has 0 saturated carbocycles. The van der Waals surface area contributed by atoms with Crippen molar-refractivity contribution in [3.05, 3.63) is 34.9 Å². The lowest BCUT2D eigenvalue weighted by Gasteiger charge is -2.23.